The molecule has 11 aromatic rings. The first kappa shape index (κ1) is 36.0. The van der Waals surface area contributed by atoms with Crippen molar-refractivity contribution in [2.45, 2.75) is 12.3 Å². The Morgan fingerprint density at radius 3 is 1.77 bits per heavy atom. The van der Waals surface area contributed by atoms with E-state index in [1.807, 2.05) is 6.07 Å². The Morgan fingerprint density at radius 1 is 0.387 bits per heavy atom. The number of rotatable bonds is 7. The normalized spacial score (nSPS) is 14.3. The lowest BCUT2D eigenvalue weighted by Gasteiger charge is -2.29. The van der Waals surface area contributed by atoms with Crippen LogP contribution in [0.3, 0.4) is 0 Å². The first-order valence-corrected chi connectivity index (χ1v) is 21.4. The van der Waals surface area contributed by atoms with Gasteiger partial charge >= 0.3 is 0 Å². The summed E-state index contributed by atoms with van der Waals surface area (Å²) in [6, 6.07) is 83.6. The van der Waals surface area contributed by atoms with Gasteiger partial charge in [0.05, 0.1) is 11.4 Å². The Kier molecular flexibility index (Phi) is 8.33. The number of anilines is 3. The first-order valence-electron chi connectivity index (χ1n) is 21.4. The Balaban J connectivity index is 1.07. The molecule has 0 radical (unpaired) electrons. The van der Waals surface area contributed by atoms with Crippen LogP contribution in [-0.2, 0) is 5.41 Å². The SMILES string of the molecule is CC1(c2ccccc2)c2ccccc2-c2c(-c3ccc(N(c4ccccc4-c4cccc5cccc(-c6ccccc6)c45)c4cccc5c4oc4ccccc45)cc3)cccc21. The summed E-state index contributed by atoms with van der Waals surface area (Å²) in [5.74, 6) is 0. The molecule has 0 aliphatic heterocycles. The van der Waals surface area contributed by atoms with Gasteiger partial charge in [0.25, 0.3) is 0 Å². The van der Waals surface area contributed by atoms with Gasteiger partial charge in [-0.25, -0.2) is 0 Å². The number of fused-ring (bicyclic) bond motifs is 7. The fourth-order valence-electron chi connectivity index (χ4n) is 10.3. The zero-order valence-corrected chi connectivity index (χ0v) is 34.3. The molecule has 0 fully saturated rings. The van der Waals surface area contributed by atoms with Crippen LogP contribution in [0.4, 0.5) is 17.1 Å². The molecule has 10 aromatic carbocycles. The summed E-state index contributed by atoms with van der Waals surface area (Å²) in [4.78, 5) is 2.39. The van der Waals surface area contributed by atoms with Crippen LogP contribution in [0, 0.1) is 0 Å². The highest BCUT2D eigenvalue weighted by Gasteiger charge is 2.41. The molecule has 0 saturated heterocycles. The van der Waals surface area contributed by atoms with Crippen molar-refractivity contribution in [3.63, 3.8) is 0 Å². The van der Waals surface area contributed by atoms with Gasteiger partial charge in [-0.1, -0.05) is 200 Å². The second kappa shape index (κ2) is 14.4. The van der Waals surface area contributed by atoms with Crippen LogP contribution in [0.15, 0.2) is 235 Å². The molecule has 1 aromatic heterocycles. The van der Waals surface area contributed by atoms with Gasteiger partial charge < -0.3 is 9.32 Å². The lowest BCUT2D eigenvalue weighted by molar-refractivity contribution is 0.669. The quantitative estimate of drug-likeness (QED) is 0.160. The summed E-state index contributed by atoms with van der Waals surface area (Å²) in [6.07, 6.45) is 0. The first-order chi connectivity index (χ1) is 30.7. The molecule has 1 aliphatic rings. The van der Waals surface area contributed by atoms with Gasteiger partial charge in [0.1, 0.15) is 5.58 Å². The molecule has 0 bridgehead atoms. The highest BCUT2D eigenvalue weighted by Crippen LogP contribution is 2.55. The third-order valence-corrected chi connectivity index (χ3v) is 13.2. The van der Waals surface area contributed by atoms with Crippen molar-refractivity contribution in [1.82, 2.24) is 0 Å². The minimum atomic E-state index is -0.267. The molecule has 1 aliphatic carbocycles. The third kappa shape index (κ3) is 5.50. The molecule has 62 heavy (non-hydrogen) atoms. The second-order valence-electron chi connectivity index (χ2n) is 16.5. The topological polar surface area (TPSA) is 16.4 Å². The smallest absolute Gasteiger partial charge is 0.159 e. The largest absolute Gasteiger partial charge is 0.454 e. The van der Waals surface area contributed by atoms with Gasteiger partial charge in [0, 0.05) is 27.4 Å². The zero-order valence-electron chi connectivity index (χ0n) is 34.3. The zero-order chi connectivity index (χ0) is 41.2. The number of nitrogens with zero attached hydrogens (tertiary/aromatic N) is 1. The van der Waals surface area contributed by atoms with Crippen LogP contribution < -0.4 is 4.90 Å². The average molecular weight is 792 g/mol. The maximum absolute atomic E-state index is 6.79. The van der Waals surface area contributed by atoms with E-state index >= 15 is 0 Å². The van der Waals surface area contributed by atoms with Crippen molar-refractivity contribution in [2.75, 3.05) is 4.90 Å². The van der Waals surface area contributed by atoms with E-state index in [0.29, 0.717) is 0 Å². The maximum atomic E-state index is 6.79. The molecule has 12 rings (SSSR count). The van der Waals surface area contributed by atoms with Crippen LogP contribution in [-0.4, -0.2) is 0 Å². The van der Waals surface area contributed by atoms with Crippen LogP contribution in [0.2, 0.25) is 0 Å². The molecule has 1 atom stereocenters. The van der Waals surface area contributed by atoms with Gasteiger partial charge in [-0.15, -0.1) is 0 Å². The van der Waals surface area contributed by atoms with E-state index in [1.54, 1.807) is 0 Å². The number of hydrogen-bond acceptors (Lipinski definition) is 2. The fraction of sp³-hybridized carbons (Fsp3) is 0.0333. The Hall–Kier alpha value is -7.94. The van der Waals surface area contributed by atoms with E-state index in [4.69, 9.17) is 4.42 Å². The minimum absolute atomic E-state index is 0.267. The van der Waals surface area contributed by atoms with Gasteiger partial charge in [-0.3, -0.25) is 0 Å². The van der Waals surface area contributed by atoms with Crippen LogP contribution in [0.5, 0.6) is 0 Å². The fourth-order valence-corrected chi connectivity index (χ4v) is 10.3. The molecule has 1 unspecified atom stereocenters. The van der Waals surface area contributed by atoms with E-state index in [1.165, 1.54) is 66.4 Å². The summed E-state index contributed by atoms with van der Waals surface area (Å²) >= 11 is 0. The molecule has 292 valence electrons. The van der Waals surface area contributed by atoms with Gasteiger partial charge in [0.2, 0.25) is 0 Å². The van der Waals surface area contributed by atoms with Crippen LogP contribution >= 0.6 is 0 Å². The Bertz CT molecular complexity index is 3470. The third-order valence-electron chi connectivity index (χ3n) is 13.2. The van der Waals surface area contributed by atoms with Crippen molar-refractivity contribution in [2.24, 2.45) is 0 Å². The molecular formula is C60H41NO. The van der Waals surface area contributed by atoms with Crippen LogP contribution in [0.25, 0.3) is 77.2 Å². The second-order valence-corrected chi connectivity index (χ2v) is 16.5. The molecular weight excluding hydrogens is 751 g/mol. The Morgan fingerprint density at radius 2 is 0.952 bits per heavy atom. The molecule has 2 nitrogen and oxygen atoms in total. The maximum Gasteiger partial charge on any atom is 0.159 e. The van der Waals surface area contributed by atoms with Crippen LogP contribution in [0.1, 0.15) is 23.6 Å². The summed E-state index contributed by atoms with van der Waals surface area (Å²) in [5.41, 5.74) is 18.3. The molecule has 0 spiro atoms. The molecule has 1 heterocycles. The average Bonchev–Trinajstić information content (AvgIpc) is 3.86. The molecule has 0 amide bonds. The monoisotopic (exact) mass is 791 g/mol. The number of benzene rings is 10. The van der Waals surface area contributed by atoms with E-state index in [0.717, 1.165) is 44.6 Å². The van der Waals surface area contributed by atoms with Gasteiger partial charge in [0.15, 0.2) is 5.58 Å². The van der Waals surface area contributed by atoms with Crippen molar-refractivity contribution in [1.29, 1.82) is 0 Å². The lowest BCUT2D eigenvalue weighted by atomic mass is 9.74. The predicted molar refractivity (Wildman–Crippen MR) is 260 cm³/mol. The molecule has 0 saturated carbocycles. The summed E-state index contributed by atoms with van der Waals surface area (Å²) in [5, 5.41) is 4.63. The van der Waals surface area contributed by atoms with Crippen molar-refractivity contribution < 1.29 is 4.42 Å². The van der Waals surface area contributed by atoms with Crippen molar-refractivity contribution in [3.8, 4) is 44.5 Å². The number of para-hydroxylation sites is 3. The molecule has 2 heteroatoms. The van der Waals surface area contributed by atoms with Crippen molar-refractivity contribution in [3.05, 3.63) is 247 Å². The van der Waals surface area contributed by atoms with E-state index in [2.05, 4.69) is 236 Å². The standard InChI is InChI=1S/C60H41NO/c1-60(43-22-6-3-7-23-43)52-31-11-8-26-51(52)58-46(28-16-32-53(58)60)41-36-38-44(39-37-41)61(55-34-17-30-50-48-25-10-13-35-56(48)62-59(50)55)54-33-12-9-24-47(54)49-29-15-21-42-20-14-27-45(57(42)49)40-18-4-2-5-19-40/h2-39H,1H3. The predicted octanol–water partition coefficient (Wildman–Crippen LogP) is 16.5. The van der Waals surface area contributed by atoms with Gasteiger partial charge in [-0.2, -0.15) is 0 Å². The van der Waals surface area contributed by atoms with Crippen molar-refractivity contribution >= 4 is 49.8 Å². The van der Waals surface area contributed by atoms with E-state index in [-0.39, 0.29) is 5.41 Å². The lowest BCUT2D eigenvalue weighted by Crippen LogP contribution is -2.22. The molecule has 0 N–H and O–H groups in total. The summed E-state index contributed by atoms with van der Waals surface area (Å²) in [7, 11) is 0. The highest BCUT2D eigenvalue weighted by molar-refractivity contribution is 6.12. The highest BCUT2D eigenvalue weighted by atomic mass is 16.3. The Labute approximate surface area is 361 Å². The minimum Gasteiger partial charge on any atom is -0.454 e. The van der Waals surface area contributed by atoms with E-state index < -0.39 is 0 Å². The van der Waals surface area contributed by atoms with Gasteiger partial charge in [-0.05, 0) is 104 Å². The van der Waals surface area contributed by atoms with E-state index in [9.17, 15) is 0 Å². The summed E-state index contributed by atoms with van der Waals surface area (Å²) in [6.45, 7) is 2.38. The number of hydrogen-bond donors (Lipinski definition) is 0. The number of furan rings is 1. The summed E-state index contributed by atoms with van der Waals surface area (Å²) < 4.78 is 6.79.